The molecule has 1 nitrogen and oxygen atoms in total. The number of rotatable bonds is 3. The molecule has 1 fully saturated rings. The highest BCUT2D eigenvalue weighted by atomic mass is 14.9. The van der Waals surface area contributed by atoms with Gasteiger partial charge in [0.1, 0.15) is 0 Å². The molecule has 0 spiro atoms. The zero-order chi connectivity index (χ0) is 12.2. The Morgan fingerprint density at radius 2 is 1.56 bits per heavy atom. The maximum absolute atomic E-state index is 3.94. The second-order valence-corrected chi connectivity index (χ2v) is 4.17. The normalized spacial score (nSPS) is 17.2. The quantitative estimate of drug-likeness (QED) is 0.543. The van der Waals surface area contributed by atoms with Crippen LogP contribution in [0.15, 0.2) is 36.6 Å². The molecule has 0 aromatic heterocycles. The molecule has 0 heterocycles. The molecule has 1 rings (SSSR count). The lowest BCUT2D eigenvalue weighted by molar-refractivity contribution is 0.399. The van der Waals surface area contributed by atoms with Crippen molar-refractivity contribution in [2.75, 3.05) is 0 Å². The van der Waals surface area contributed by atoms with E-state index in [0.717, 1.165) is 5.70 Å². The second kappa shape index (κ2) is 10.5. The third-order valence-electron chi connectivity index (χ3n) is 2.70. The Kier molecular flexibility index (Phi) is 9.89. The molecule has 0 amide bonds. The summed E-state index contributed by atoms with van der Waals surface area (Å²) in [6.45, 7) is 9.96. The molecule has 1 saturated carbocycles. The zero-order valence-corrected chi connectivity index (χ0v) is 11.1. The van der Waals surface area contributed by atoms with Crippen LogP contribution in [0.5, 0.6) is 0 Å². The highest BCUT2D eigenvalue weighted by molar-refractivity contribution is 5.12. The molecule has 1 heteroatoms. The molecule has 1 N–H and O–H groups in total. The van der Waals surface area contributed by atoms with Crippen LogP contribution in [0.2, 0.25) is 0 Å². The van der Waals surface area contributed by atoms with Gasteiger partial charge in [-0.05, 0) is 39.7 Å². The average Bonchev–Trinajstić information content (AvgIpc) is 2.31. The van der Waals surface area contributed by atoms with E-state index in [0.29, 0.717) is 6.04 Å². The minimum absolute atomic E-state index is 0.683. The Balaban J connectivity index is 0.000000487. The SMILES string of the molecule is C/C=C\C.C=C(/C=C/C)NC1CCCCC1. The molecular formula is C15H27N. The molecule has 16 heavy (non-hydrogen) atoms. The molecular weight excluding hydrogens is 194 g/mol. The third kappa shape index (κ3) is 8.34. The maximum Gasteiger partial charge on any atom is 0.0265 e. The van der Waals surface area contributed by atoms with Gasteiger partial charge in [0.2, 0.25) is 0 Å². The fourth-order valence-electron chi connectivity index (χ4n) is 1.76. The van der Waals surface area contributed by atoms with Crippen LogP contribution in [0.4, 0.5) is 0 Å². The zero-order valence-electron chi connectivity index (χ0n) is 11.1. The molecule has 92 valence electrons. The lowest BCUT2D eigenvalue weighted by Gasteiger charge is -2.23. The summed E-state index contributed by atoms with van der Waals surface area (Å²) in [6.07, 6.45) is 14.9. The molecule has 0 saturated heterocycles. The first-order valence-electron chi connectivity index (χ1n) is 6.40. The van der Waals surface area contributed by atoms with Crippen LogP contribution in [0.25, 0.3) is 0 Å². The molecule has 0 aromatic rings. The number of nitrogens with one attached hydrogen (secondary N) is 1. The van der Waals surface area contributed by atoms with Crippen molar-refractivity contribution < 1.29 is 0 Å². The van der Waals surface area contributed by atoms with Gasteiger partial charge in [-0.15, -0.1) is 0 Å². The summed E-state index contributed by atoms with van der Waals surface area (Å²) in [5.74, 6) is 0. The first-order chi connectivity index (χ1) is 7.74. The van der Waals surface area contributed by atoms with E-state index in [1.807, 2.05) is 45.1 Å². The molecule has 0 aliphatic heterocycles. The van der Waals surface area contributed by atoms with Crippen molar-refractivity contribution in [3.8, 4) is 0 Å². The molecule has 0 radical (unpaired) electrons. The number of allylic oxidation sites excluding steroid dienone is 4. The van der Waals surface area contributed by atoms with Gasteiger partial charge < -0.3 is 5.32 Å². The first-order valence-corrected chi connectivity index (χ1v) is 6.40. The highest BCUT2D eigenvalue weighted by Gasteiger charge is 2.11. The number of hydrogen-bond acceptors (Lipinski definition) is 1. The van der Waals surface area contributed by atoms with Crippen LogP contribution in [-0.2, 0) is 0 Å². The monoisotopic (exact) mass is 221 g/mol. The van der Waals surface area contributed by atoms with Gasteiger partial charge in [0.15, 0.2) is 0 Å². The third-order valence-corrected chi connectivity index (χ3v) is 2.70. The van der Waals surface area contributed by atoms with Crippen LogP contribution in [0.1, 0.15) is 52.9 Å². The topological polar surface area (TPSA) is 12.0 Å². The Hall–Kier alpha value is -0.980. The van der Waals surface area contributed by atoms with Gasteiger partial charge in [-0.1, -0.05) is 44.1 Å². The Morgan fingerprint density at radius 3 is 2.00 bits per heavy atom. The van der Waals surface area contributed by atoms with E-state index in [4.69, 9.17) is 0 Å². The summed E-state index contributed by atoms with van der Waals surface area (Å²) in [5, 5.41) is 3.44. The van der Waals surface area contributed by atoms with Crippen molar-refractivity contribution in [2.24, 2.45) is 0 Å². The highest BCUT2D eigenvalue weighted by Crippen LogP contribution is 2.18. The molecule has 0 bridgehead atoms. The minimum atomic E-state index is 0.683. The van der Waals surface area contributed by atoms with E-state index in [9.17, 15) is 0 Å². The smallest absolute Gasteiger partial charge is 0.0265 e. The standard InChI is InChI=1S/C11H19N.C4H8/c1-3-7-10(2)12-11-8-5-4-6-9-11;1-3-4-2/h3,7,11-12H,2,4-6,8-9H2,1H3;3-4H,1-2H3/b7-3+;4-3-. The van der Waals surface area contributed by atoms with Crippen molar-refractivity contribution in [3.05, 3.63) is 36.6 Å². The van der Waals surface area contributed by atoms with E-state index in [1.54, 1.807) is 0 Å². The lowest BCUT2D eigenvalue weighted by atomic mass is 9.95. The Bertz CT molecular complexity index is 216. The Morgan fingerprint density at radius 1 is 1.00 bits per heavy atom. The summed E-state index contributed by atoms with van der Waals surface area (Å²) >= 11 is 0. The average molecular weight is 221 g/mol. The van der Waals surface area contributed by atoms with Gasteiger partial charge in [0.05, 0.1) is 0 Å². The summed E-state index contributed by atoms with van der Waals surface area (Å²) in [7, 11) is 0. The van der Waals surface area contributed by atoms with Crippen molar-refractivity contribution in [2.45, 2.75) is 58.9 Å². The maximum atomic E-state index is 3.94. The van der Waals surface area contributed by atoms with Crippen LogP contribution < -0.4 is 5.32 Å². The second-order valence-electron chi connectivity index (χ2n) is 4.17. The lowest BCUT2D eigenvalue weighted by Crippen LogP contribution is -2.29. The summed E-state index contributed by atoms with van der Waals surface area (Å²) < 4.78 is 0. The van der Waals surface area contributed by atoms with Crippen LogP contribution in [0, 0.1) is 0 Å². The van der Waals surface area contributed by atoms with Gasteiger partial charge >= 0.3 is 0 Å². The Labute approximate surface area is 101 Å². The fraction of sp³-hybridized carbons (Fsp3) is 0.600. The van der Waals surface area contributed by atoms with Crippen molar-refractivity contribution in [1.29, 1.82) is 0 Å². The molecule has 0 aromatic carbocycles. The van der Waals surface area contributed by atoms with Gasteiger partial charge in [-0.2, -0.15) is 0 Å². The van der Waals surface area contributed by atoms with E-state index in [-0.39, 0.29) is 0 Å². The first kappa shape index (κ1) is 15.0. The molecule has 0 unspecified atom stereocenters. The van der Waals surface area contributed by atoms with Gasteiger partial charge in [0, 0.05) is 11.7 Å². The van der Waals surface area contributed by atoms with E-state index in [1.165, 1.54) is 32.1 Å². The van der Waals surface area contributed by atoms with Crippen molar-refractivity contribution in [1.82, 2.24) is 5.32 Å². The van der Waals surface area contributed by atoms with Crippen molar-refractivity contribution >= 4 is 0 Å². The molecule has 0 atom stereocenters. The summed E-state index contributed by atoms with van der Waals surface area (Å²) in [5.41, 5.74) is 1.06. The van der Waals surface area contributed by atoms with Crippen LogP contribution in [0.3, 0.4) is 0 Å². The predicted octanol–water partition coefficient (Wildman–Crippen LogP) is 4.58. The largest absolute Gasteiger partial charge is 0.383 e. The van der Waals surface area contributed by atoms with E-state index < -0.39 is 0 Å². The minimum Gasteiger partial charge on any atom is -0.383 e. The molecule has 1 aliphatic carbocycles. The van der Waals surface area contributed by atoms with Crippen LogP contribution in [-0.4, -0.2) is 6.04 Å². The summed E-state index contributed by atoms with van der Waals surface area (Å²) in [6, 6.07) is 0.683. The number of hydrogen-bond donors (Lipinski definition) is 1. The van der Waals surface area contributed by atoms with Gasteiger partial charge in [0.25, 0.3) is 0 Å². The predicted molar refractivity (Wildman–Crippen MR) is 74.5 cm³/mol. The van der Waals surface area contributed by atoms with E-state index in [2.05, 4.69) is 11.9 Å². The van der Waals surface area contributed by atoms with Gasteiger partial charge in [-0.3, -0.25) is 0 Å². The van der Waals surface area contributed by atoms with Crippen LogP contribution >= 0.6 is 0 Å². The fourth-order valence-corrected chi connectivity index (χ4v) is 1.76. The summed E-state index contributed by atoms with van der Waals surface area (Å²) in [4.78, 5) is 0. The van der Waals surface area contributed by atoms with E-state index >= 15 is 0 Å². The van der Waals surface area contributed by atoms with Crippen molar-refractivity contribution in [3.63, 3.8) is 0 Å². The van der Waals surface area contributed by atoms with Gasteiger partial charge in [-0.25, -0.2) is 0 Å². The molecule has 1 aliphatic rings.